The second kappa shape index (κ2) is 6.38. The minimum atomic E-state index is -0.461. The van der Waals surface area contributed by atoms with Crippen LogP contribution in [0.2, 0.25) is 0 Å². The van der Waals surface area contributed by atoms with E-state index < -0.39 is 6.10 Å². The highest BCUT2D eigenvalue weighted by Gasteiger charge is 2.20. The van der Waals surface area contributed by atoms with Gasteiger partial charge in [-0.2, -0.15) is 0 Å². The van der Waals surface area contributed by atoms with E-state index in [-0.39, 0.29) is 5.97 Å². The maximum atomic E-state index is 11.0. The number of guanidine groups is 1. The molecule has 8 nitrogen and oxygen atoms in total. The summed E-state index contributed by atoms with van der Waals surface area (Å²) in [7, 11) is 0. The predicted molar refractivity (Wildman–Crippen MR) is 77.8 cm³/mol. The number of rotatable bonds is 3. The van der Waals surface area contributed by atoms with Crippen molar-refractivity contribution in [2.75, 3.05) is 31.1 Å². The van der Waals surface area contributed by atoms with Crippen LogP contribution >= 0.6 is 0 Å². The molecule has 8 heteroatoms. The SMILES string of the molecule is CC(=O)O[C@H](C)c1nccc(N2CC[N+](=C(N)N)CC2)n1. The van der Waals surface area contributed by atoms with Crippen molar-refractivity contribution in [3.05, 3.63) is 18.1 Å². The average molecular weight is 293 g/mol. The molecule has 114 valence electrons. The minimum Gasteiger partial charge on any atom is -0.455 e. The van der Waals surface area contributed by atoms with Crippen LogP contribution in [0.1, 0.15) is 25.8 Å². The van der Waals surface area contributed by atoms with Crippen molar-refractivity contribution in [1.29, 1.82) is 0 Å². The van der Waals surface area contributed by atoms with Crippen molar-refractivity contribution in [3.63, 3.8) is 0 Å². The molecule has 1 fully saturated rings. The van der Waals surface area contributed by atoms with Crippen LogP contribution in [-0.2, 0) is 9.53 Å². The minimum absolute atomic E-state index is 0.348. The monoisotopic (exact) mass is 293 g/mol. The highest BCUT2D eigenvalue weighted by molar-refractivity contribution is 5.70. The number of carbonyl (C=O) groups excluding carboxylic acids is 1. The van der Waals surface area contributed by atoms with Crippen molar-refractivity contribution in [1.82, 2.24) is 9.97 Å². The van der Waals surface area contributed by atoms with Gasteiger partial charge in [0.1, 0.15) is 5.82 Å². The van der Waals surface area contributed by atoms with Crippen molar-refractivity contribution in [2.24, 2.45) is 11.5 Å². The van der Waals surface area contributed by atoms with Gasteiger partial charge >= 0.3 is 11.9 Å². The summed E-state index contributed by atoms with van der Waals surface area (Å²) in [6.45, 7) is 6.17. The molecule has 4 N–H and O–H groups in total. The van der Waals surface area contributed by atoms with E-state index in [0.717, 1.165) is 32.0 Å². The van der Waals surface area contributed by atoms with Crippen LogP contribution in [-0.4, -0.2) is 52.7 Å². The van der Waals surface area contributed by atoms with Gasteiger partial charge in [-0.05, 0) is 13.0 Å². The second-order valence-corrected chi connectivity index (χ2v) is 4.92. The van der Waals surface area contributed by atoms with Gasteiger partial charge in [0.05, 0.1) is 26.2 Å². The first-order valence-corrected chi connectivity index (χ1v) is 6.85. The summed E-state index contributed by atoms with van der Waals surface area (Å²) in [6.07, 6.45) is 1.21. The fourth-order valence-corrected chi connectivity index (χ4v) is 2.23. The number of anilines is 1. The molecule has 1 aromatic rings. The van der Waals surface area contributed by atoms with Crippen molar-refractivity contribution in [3.8, 4) is 0 Å². The number of ether oxygens (including phenoxy) is 1. The summed E-state index contributed by atoms with van der Waals surface area (Å²) < 4.78 is 7.03. The Morgan fingerprint density at radius 2 is 2.10 bits per heavy atom. The molecule has 2 rings (SSSR count). The topological polar surface area (TPSA) is 110 Å². The fourth-order valence-electron chi connectivity index (χ4n) is 2.23. The highest BCUT2D eigenvalue weighted by Crippen LogP contribution is 2.17. The Hall–Kier alpha value is -2.38. The zero-order valence-electron chi connectivity index (χ0n) is 12.3. The van der Waals surface area contributed by atoms with Crippen LogP contribution in [0.3, 0.4) is 0 Å². The van der Waals surface area contributed by atoms with Crippen LogP contribution < -0.4 is 16.4 Å². The van der Waals surface area contributed by atoms with Gasteiger partial charge in [-0.1, -0.05) is 0 Å². The van der Waals surface area contributed by atoms with Gasteiger partial charge in [0.2, 0.25) is 0 Å². The molecule has 1 saturated heterocycles. The number of aromatic nitrogens is 2. The van der Waals surface area contributed by atoms with E-state index in [0.29, 0.717) is 11.8 Å². The largest absolute Gasteiger partial charge is 0.455 e. The van der Waals surface area contributed by atoms with Gasteiger partial charge in [-0.25, -0.2) is 9.97 Å². The van der Waals surface area contributed by atoms with Gasteiger partial charge in [0, 0.05) is 13.1 Å². The average Bonchev–Trinajstić information content (AvgIpc) is 2.47. The molecule has 0 unspecified atom stereocenters. The number of hydrogen-bond donors (Lipinski definition) is 2. The third kappa shape index (κ3) is 3.80. The second-order valence-electron chi connectivity index (χ2n) is 4.92. The lowest BCUT2D eigenvalue weighted by Crippen LogP contribution is -2.48. The third-order valence-corrected chi connectivity index (χ3v) is 3.33. The van der Waals surface area contributed by atoms with Gasteiger partial charge < -0.3 is 9.64 Å². The maximum Gasteiger partial charge on any atom is 0.341 e. The standard InChI is InChI=1S/C13H20N6O2/c1-9(21-10(2)20)12-16-4-3-11(17-12)18-5-7-19(8-6-18)13(14)15/h3-4,9H,5-8H2,1-2H3,(H3,14,15)/p+1/t9-/m1/s1. The molecule has 0 spiro atoms. The molecule has 1 atom stereocenters. The van der Waals surface area contributed by atoms with Crippen molar-refractivity contribution >= 4 is 17.7 Å². The lowest BCUT2D eigenvalue weighted by Gasteiger charge is -2.29. The molecule has 0 saturated carbocycles. The Labute approximate surface area is 123 Å². The Morgan fingerprint density at radius 1 is 1.43 bits per heavy atom. The zero-order valence-corrected chi connectivity index (χ0v) is 12.3. The Kier molecular flexibility index (Phi) is 4.56. The number of esters is 1. The van der Waals surface area contributed by atoms with Gasteiger partial charge in [0.15, 0.2) is 11.9 Å². The van der Waals surface area contributed by atoms with E-state index in [1.807, 2.05) is 10.6 Å². The number of piperazine rings is 1. The molecule has 1 aliphatic rings. The Bertz CT molecular complexity index is 545. The molecular weight excluding hydrogens is 272 g/mol. The first-order valence-electron chi connectivity index (χ1n) is 6.85. The predicted octanol–water partition coefficient (Wildman–Crippen LogP) is -0.793. The molecule has 0 bridgehead atoms. The quantitative estimate of drug-likeness (QED) is 0.427. The van der Waals surface area contributed by atoms with Crippen LogP contribution in [0.5, 0.6) is 0 Å². The first kappa shape index (κ1) is 15.0. The Balaban J connectivity index is 2.08. The number of carbonyl (C=O) groups is 1. The fraction of sp³-hybridized carbons (Fsp3) is 0.538. The van der Waals surface area contributed by atoms with E-state index in [1.54, 1.807) is 13.1 Å². The van der Waals surface area contributed by atoms with Gasteiger partial charge in [-0.3, -0.25) is 20.8 Å². The van der Waals surface area contributed by atoms with Crippen molar-refractivity contribution < 1.29 is 14.1 Å². The molecule has 1 aliphatic heterocycles. The molecule has 1 aromatic heterocycles. The summed E-state index contributed by atoms with van der Waals surface area (Å²) in [5.41, 5.74) is 11.2. The molecule has 2 heterocycles. The number of nitrogens with zero attached hydrogens (tertiary/aromatic N) is 4. The molecule has 0 aliphatic carbocycles. The van der Waals surface area contributed by atoms with E-state index >= 15 is 0 Å². The lowest BCUT2D eigenvalue weighted by molar-refractivity contribution is -0.531. The number of nitrogens with two attached hydrogens (primary N) is 2. The summed E-state index contributed by atoms with van der Waals surface area (Å²) in [5, 5.41) is 0. The molecule has 21 heavy (non-hydrogen) atoms. The van der Waals surface area contributed by atoms with Crippen molar-refractivity contribution in [2.45, 2.75) is 20.0 Å². The van der Waals surface area contributed by atoms with Gasteiger partial charge in [0.25, 0.3) is 0 Å². The van der Waals surface area contributed by atoms with E-state index in [4.69, 9.17) is 16.2 Å². The van der Waals surface area contributed by atoms with Crippen LogP contribution in [0, 0.1) is 0 Å². The number of hydrogen-bond acceptors (Lipinski definition) is 5. The van der Waals surface area contributed by atoms with Crippen LogP contribution in [0.15, 0.2) is 12.3 Å². The lowest BCUT2D eigenvalue weighted by atomic mass is 10.3. The van der Waals surface area contributed by atoms with E-state index in [1.165, 1.54) is 6.92 Å². The molecule has 0 radical (unpaired) electrons. The zero-order chi connectivity index (χ0) is 15.4. The highest BCUT2D eigenvalue weighted by atomic mass is 16.5. The van der Waals surface area contributed by atoms with E-state index in [2.05, 4.69) is 14.9 Å². The summed E-state index contributed by atoms with van der Waals surface area (Å²) >= 11 is 0. The van der Waals surface area contributed by atoms with Gasteiger partial charge in [-0.15, -0.1) is 0 Å². The van der Waals surface area contributed by atoms with Crippen LogP contribution in [0.25, 0.3) is 0 Å². The molecule has 0 aromatic carbocycles. The van der Waals surface area contributed by atoms with E-state index in [9.17, 15) is 4.79 Å². The summed E-state index contributed by atoms with van der Waals surface area (Å²) in [6, 6.07) is 1.84. The smallest absolute Gasteiger partial charge is 0.341 e. The first-order chi connectivity index (χ1) is 9.97. The normalized spacial score (nSPS) is 16.5. The molecule has 0 amide bonds. The third-order valence-electron chi connectivity index (χ3n) is 3.33. The maximum absolute atomic E-state index is 11.0. The van der Waals surface area contributed by atoms with Crippen LogP contribution in [0.4, 0.5) is 5.82 Å². The summed E-state index contributed by atoms with van der Waals surface area (Å²) in [4.78, 5) is 21.8. The molecular formula is C13H21N6O2+. The summed E-state index contributed by atoms with van der Waals surface area (Å²) in [5.74, 6) is 1.31. The Morgan fingerprint density at radius 3 is 2.67 bits per heavy atom.